The Labute approximate surface area is 159 Å². The molecule has 0 unspecified atom stereocenters. The number of carbonyl (C=O) groups excluding carboxylic acids is 2. The SMILES string of the molecule is CCc1ccccc1OCC(=O)Nc1ccccc1C(=O)N1CCOCC1. The van der Waals surface area contributed by atoms with Crippen LogP contribution in [0.2, 0.25) is 0 Å². The van der Waals surface area contributed by atoms with E-state index in [1.54, 1.807) is 29.2 Å². The summed E-state index contributed by atoms with van der Waals surface area (Å²) in [6.45, 7) is 4.10. The highest BCUT2D eigenvalue weighted by molar-refractivity contribution is 6.04. The fraction of sp³-hybridized carbons (Fsp3) is 0.333. The highest BCUT2D eigenvalue weighted by Crippen LogP contribution is 2.20. The van der Waals surface area contributed by atoms with E-state index in [2.05, 4.69) is 5.32 Å². The molecule has 3 rings (SSSR count). The van der Waals surface area contributed by atoms with E-state index in [0.717, 1.165) is 12.0 Å². The zero-order valence-electron chi connectivity index (χ0n) is 15.4. The quantitative estimate of drug-likeness (QED) is 0.851. The molecular weight excluding hydrogens is 344 g/mol. The van der Waals surface area contributed by atoms with Gasteiger partial charge in [0.05, 0.1) is 24.5 Å². The molecule has 27 heavy (non-hydrogen) atoms. The molecule has 142 valence electrons. The van der Waals surface area contributed by atoms with Gasteiger partial charge in [-0.3, -0.25) is 9.59 Å². The molecule has 0 saturated carbocycles. The molecule has 2 aromatic carbocycles. The summed E-state index contributed by atoms with van der Waals surface area (Å²) >= 11 is 0. The number of para-hydroxylation sites is 2. The Morgan fingerprint density at radius 1 is 1.07 bits per heavy atom. The van der Waals surface area contributed by atoms with Crippen molar-refractivity contribution in [2.75, 3.05) is 38.2 Å². The van der Waals surface area contributed by atoms with Crippen LogP contribution < -0.4 is 10.1 Å². The second-order valence-corrected chi connectivity index (χ2v) is 6.25. The first-order valence-electron chi connectivity index (χ1n) is 9.15. The van der Waals surface area contributed by atoms with Crippen molar-refractivity contribution in [1.29, 1.82) is 0 Å². The molecule has 2 amide bonds. The second-order valence-electron chi connectivity index (χ2n) is 6.25. The molecule has 1 N–H and O–H groups in total. The number of hydrogen-bond acceptors (Lipinski definition) is 4. The number of aryl methyl sites for hydroxylation is 1. The number of rotatable bonds is 6. The summed E-state index contributed by atoms with van der Waals surface area (Å²) in [6, 6.07) is 14.7. The Morgan fingerprint density at radius 2 is 1.78 bits per heavy atom. The largest absolute Gasteiger partial charge is 0.483 e. The minimum Gasteiger partial charge on any atom is -0.483 e. The van der Waals surface area contributed by atoms with Gasteiger partial charge in [0.25, 0.3) is 11.8 Å². The first kappa shape index (κ1) is 18.9. The second kappa shape index (κ2) is 9.19. The van der Waals surface area contributed by atoms with Gasteiger partial charge in [-0.05, 0) is 30.2 Å². The first-order valence-corrected chi connectivity index (χ1v) is 9.15. The lowest BCUT2D eigenvalue weighted by Crippen LogP contribution is -2.41. The van der Waals surface area contributed by atoms with Crippen LogP contribution in [0.4, 0.5) is 5.69 Å². The fourth-order valence-electron chi connectivity index (χ4n) is 2.98. The van der Waals surface area contributed by atoms with E-state index in [-0.39, 0.29) is 18.4 Å². The first-order chi connectivity index (χ1) is 13.2. The molecule has 1 saturated heterocycles. The third-order valence-electron chi connectivity index (χ3n) is 4.44. The van der Waals surface area contributed by atoms with Gasteiger partial charge in [0, 0.05) is 13.1 Å². The van der Waals surface area contributed by atoms with Crippen LogP contribution in [0.15, 0.2) is 48.5 Å². The molecule has 0 atom stereocenters. The van der Waals surface area contributed by atoms with Gasteiger partial charge in [-0.15, -0.1) is 0 Å². The van der Waals surface area contributed by atoms with Crippen LogP contribution in [0.3, 0.4) is 0 Å². The lowest BCUT2D eigenvalue weighted by Gasteiger charge is -2.27. The summed E-state index contributed by atoms with van der Waals surface area (Å²) in [5.74, 6) is 0.294. The number of carbonyl (C=O) groups is 2. The van der Waals surface area contributed by atoms with Crippen molar-refractivity contribution in [3.63, 3.8) is 0 Å². The minimum absolute atomic E-state index is 0.105. The van der Waals surface area contributed by atoms with Crippen LogP contribution in [0.1, 0.15) is 22.8 Å². The van der Waals surface area contributed by atoms with Crippen molar-refractivity contribution in [3.05, 3.63) is 59.7 Å². The summed E-state index contributed by atoms with van der Waals surface area (Å²) in [5.41, 5.74) is 2.02. The van der Waals surface area contributed by atoms with Gasteiger partial charge in [0.1, 0.15) is 5.75 Å². The maximum atomic E-state index is 12.8. The Balaban J connectivity index is 1.65. The number of ether oxygens (including phenoxy) is 2. The Kier molecular flexibility index (Phi) is 6.44. The van der Waals surface area contributed by atoms with Crippen LogP contribution in [-0.4, -0.2) is 49.6 Å². The normalized spacial score (nSPS) is 13.9. The Bertz CT molecular complexity index is 800. The van der Waals surface area contributed by atoms with Crippen molar-refractivity contribution in [2.24, 2.45) is 0 Å². The maximum absolute atomic E-state index is 12.8. The zero-order valence-corrected chi connectivity index (χ0v) is 15.4. The molecule has 0 spiro atoms. The molecule has 0 radical (unpaired) electrons. The lowest BCUT2D eigenvalue weighted by molar-refractivity contribution is -0.118. The molecular formula is C21H24N2O4. The van der Waals surface area contributed by atoms with Crippen LogP contribution in [-0.2, 0) is 16.0 Å². The minimum atomic E-state index is -0.303. The molecule has 1 fully saturated rings. The maximum Gasteiger partial charge on any atom is 0.262 e. The van der Waals surface area contributed by atoms with E-state index in [9.17, 15) is 9.59 Å². The number of hydrogen-bond donors (Lipinski definition) is 1. The highest BCUT2D eigenvalue weighted by atomic mass is 16.5. The number of benzene rings is 2. The van der Waals surface area contributed by atoms with Gasteiger partial charge in [-0.2, -0.15) is 0 Å². The number of anilines is 1. The smallest absolute Gasteiger partial charge is 0.262 e. The van der Waals surface area contributed by atoms with E-state index in [1.165, 1.54) is 0 Å². The summed E-state index contributed by atoms with van der Waals surface area (Å²) in [7, 11) is 0. The van der Waals surface area contributed by atoms with Crippen molar-refractivity contribution in [2.45, 2.75) is 13.3 Å². The molecule has 1 aliphatic rings. The summed E-state index contributed by atoms with van der Waals surface area (Å²) in [5, 5.41) is 2.80. The summed E-state index contributed by atoms with van der Waals surface area (Å²) in [4.78, 5) is 26.8. The highest BCUT2D eigenvalue weighted by Gasteiger charge is 2.21. The standard InChI is InChI=1S/C21H24N2O4/c1-2-16-7-3-6-10-19(16)27-15-20(24)22-18-9-5-4-8-17(18)21(25)23-11-13-26-14-12-23/h3-10H,2,11-15H2,1H3,(H,22,24). The topological polar surface area (TPSA) is 67.9 Å². The van der Waals surface area contributed by atoms with Gasteiger partial charge in [-0.25, -0.2) is 0 Å². The number of nitrogens with one attached hydrogen (secondary N) is 1. The van der Waals surface area contributed by atoms with Crippen molar-refractivity contribution >= 4 is 17.5 Å². The van der Waals surface area contributed by atoms with Crippen molar-refractivity contribution in [3.8, 4) is 5.75 Å². The fourth-order valence-corrected chi connectivity index (χ4v) is 2.98. The van der Waals surface area contributed by atoms with Crippen LogP contribution in [0.25, 0.3) is 0 Å². The van der Waals surface area contributed by atoms with Gasteiger partial charge < -0.3 is 19.7 Å². The zero-order chi connectivity index (χ0) is 19.1. The van der Waals surface area contributed by atoms with Gasteiger partial charge >= 0.3 is 0 Å². The summed E-state index contributed by atoms with van der Waals surface area (Å²) < 4.78 is 10.9. The number of amides is 2. The summed E-state index contributed by atoms with van der Waals surface area (Å²) in [6.07, 6.45) is 0.828. The predicted octanol–water partition coefficient (Wildman–Crippen LogP) is 2.74. The molecule has 1 aliphatic heterocycles. The van der Waals surface area contributed by atoms with Gasteiger partial charge in [0.15, 0.2) is 6.61 Å². The van der Waals surface area contributed by atoms with E-state index in [0.29, 0.717) is 43.3 Å². The molecule has 0 bridgehead atoms. The van der Waals surface area contributed by atoms with Gasteiger partial charge in [-0.1, -0.05) is 37.3 Å². The molecule has 6 heteroatoms. The number of morpholine rings is 1. The molecule has 6 nitrogen and oxygen atoms in total. The van der Waals surface area contributed by atoms with Gasteiger partial charge in [0.2, 0.25) is 0 Å². The van der Waals surface area contributed by atoms with E-state index < -0.39 is 0 Å². The average Bonchev–Trinajstić information content (AvgIpc) is 2.73. The Morgan fingerprint density at radius 3 is 2.56 bits per heavy atom. The van der Waals surface area contributed by atoms with Crippen LogP contribution in [0.5, 0.6) is 5.75 Å². The Hall–Kier alpha value is -2.86. The molecule has 0 aliphatic carbocycles. The average molecular weight is 368 g/mol. The van der Waals surface area contributed by atoms with Crippen molar-refractivity contribution < 1.29 is 19.1 Å². The third kappa shape index (κ3) is 4.86. The molecule has 1 heterocycles. The van der Waals surface area contributed by atoms with Crippen LogP contribution in [0, 0.1) is 0 Å². The van der Waals surface area contributed by atoms with E-state index in [1.807, 2.05) is 31.2 Å². The van der Waals surface area contributed by atoms with E-state index in [4.69, 9.17) is 9.47 Å². The van der Waals surface area contributed by atoms with E-state index >= 15 is 0 Å². The van der Waals surface area contributed by atoms with Crippen molar-refractivity contribution in [1.82, 2.24) is 4.90 Å². The van der Waals surface area contributed by atoms with Crippen LogP contribution >= 0.6 is 0 Å². The third-order valence-corrected chi connectivity index (χ3v) is 4.44. The lowest BCUT2D eigenvalue weighted by atomic mass is 10.1. The number of nitrogens with zero attached hydrogens (tertiary/aromatic N) is 1. The molecule has 0 aromatic heterocycles. The monoisotopic (exact) mass is 368 g/mol. The predicted molar refractivity (Wildman–Crippen MR) is 103 cm³/mol. The molecule has 2 aromatic rings.